The van der Waals surface area contributed by atoms with Crippen LogP contribution in [0.3, 0.4) is 0 Å². The third-order valence-electron chi connectivity index (χ3n) is 5.91. The van der Waals surface area contributed by atoms with Crippen LogP contribution in [0.1, 0.15) is 38.7 Å². The molecule has 2 unspecified atom stereocenters. The van der Waals surface area contributed by atoms with Gasteiger partial charge < -0.3 is 15.0 Å². The van der Waals surface area contributed by atoms with Crippen molar-refractivity contribution in [3.05, 3.63) is 23.9 Å². The maximum atomic E-state index is 12.7. The summed E-state index contributed by atoms with van der Waals surface area (Å²) in [4.78, 5) is 31.0. The van der Waals surface area contributed by atoms with Gasteiger partial charge in [0.2, 0.25) is 0 Å². The zero-order chi connectivity index (χ0) is 24.4. The zero-order valence-corrected chi connectivity index (χ0v) is 19.3. The SMILES string of the molecule is CC(C)C(OC(=O)C1CCN(c2ccc(C(F)(F)F)cn2)CC1)C(=O)NC1CCS(=O)(=O)C1. The highest BCUT2D eigenvalue weighted by Gasteiger charge is 2.36. The van der Waals surface area contributed by atoms with E-state index in [-0.39, 0.29) is 17.4 Å². The molecule has 1 aromatic rings. The van der Waals surface area contributed by atoms with Crippen LogP contribution in [0, 0.1) is 11.8 Å². The Labute approximate surface area is 190 Å². The summed E-state index contributed by atoms with van der Waals surface area (Å²) < 4.78 is 66.8. The molecule has 2 saturated heterocycles. The number of anilines is 1. The lowest BCUT2D eigenvalue weighted by molar-refractivity contribution is -0.163. The normalized spacial score (nSPS) is 22.2. The van der Waals surface area contributed by atoms with Crippen molar-refractivity contribution < 1.29 is 35.9 Å². The number of esters is 1. The van der Waals surface area contributed by atoms with E-state index in [2.05, 4.69) is 10.3 Å². The van der Waals surface area contributed by atoms with Crippen LogP contribution in [0.4, 0.5) is 19.0 Å². The van der Waals surface area contributed by atoms with Crippen LogP contribution < -0.4 is 10.2 Å². The second kappa shape index (κ2) is 9.86. The van der Waals surface area contributed by atoms with Gasteiger partial charge in [0.25, 0.3) is 5.91 Å². The third-order valence-corrected chi connectivity index (χ3v) is 7.68. The van der Waals surface area contributed by atoms with Gasteiger partial charge in [-0.3, -0.25) is 9.59 Å². The molecule has 1 amide bonds. The molecule has 0 spiro atoms. The van der Waals surface area contributed by atoms with Crippen molar-refractivity contribution in [3.63, 3.8) is 0 Å². The first-order chi connectivity index (χ1) is 15.4. The molecule has 0 aromatic carbocycles. The third kappa shape index (κ3) is 6.58. The van der Waals surface area contributed by atoms with Gasteiger partial charge in [0.1, 0.15) is 5.82 Å². The average molecular weight is 492 g/mol. The zero-order valence-electron chi connectivity index (χ0n) is 18.5. The van der Waals surface area contributed by atoms with Crippen LogP contribution in [0.5, 0.6) is 0 Å². The molecular weight excluding hydrogens is 463 g/mol. The minimum absolute atomic E-state index is 0.0242. The van der Waals surface area contributed by atoms with Crippen molar-refractivity contribution in [1.82, 2.24) is 10.3 Å². The molecule has 3 rings (SSSR count). The predicted molar refractivity (Wildman–Crippen MR) is 114 cm³/mol. The molecule has 0 saturated carbocycles. The van der Waals surface area contributed by atoms with Crippen LogP contribution in [-0.2, 0) is 30.3 Å². The minimum atomic E-state index is -4.45. The molecule has 3 heterocycles. The first-order valence-corrected chi connectivity index (χ1v) is 12.7. The number of aromatic nitrogens is 1. The predicted octanol–water partition coefficient (Wildman–Crippen LogP) is 2.19. The highest BCUT2D eigenvalue weighted by atomic mass is 32.2. The van der Waals surface area contributed by atoms with E-state index < -0.39 is 51.5 Å². The van der Waals surface area contributed by atoms with Crippen LogP contribution >= 0.6 is 0 Å². The molecule has 2 atom stereocenters. The first-order valence-electron chi connectivity index (χ1n) is 10.8. The fraction of sp³-hybridized carbons (Fsp3) is 0.667. The van der Waals surface area contributed by atoms with E-state index in [0.29, 0.717) is 38.2 Å². The molecule has 0 bridgehead atoms. The van der Waals surface area contributed by atoms with Gasteiger partial charge in [0, 0.05) is 25.3 Å². The minimum Gasteiger partial charge on any atom is -0.452 e. The molecule has 8 nitrogen and oxygen atoms in total. The Kier molecular flexibility index (Phi) is 7.55. The number of pyridine rings is 1. The van der Waals surface area contributed by atoms with Gasteiger partial charge in [0.15, 0.2) is 15.9 Å². The van der Waals surface area contributed by atoms with Crippen molar-refractivity contribution in [1.29, 1.82) is 0 Å². The molecule has 2 fully saturated rings. The lowest BCUT2D eigenvalue weighted by Crippen LogP contribution is -2.47. The quantitative estimate of drug-likeness (QED) is 0.608. The number of piperidine rings is 1. The van der Waals surface area contributed by atoms with Gasteiger partial charge in [-0.25, -0.2) is 13.4 Å². The number of rotatable bonds is 6. The summed E-state index contributed by atoms with van der Waals surface area (Å²) in [7, 11) is -3.15. The molecule has 12 heteroatoms. The maximum absolute atomic E-state index is 12.7. The van der Waals surface area contributed by atoms with Gasteiger partial charge in [-0.2, -0.15) is 13.2 Å². The molecule has 2 aliphatic rings. The van der Waals surface area contributed by atoms with E-state index in [1.54, 1.807) is 18.7 Å². The fourth-order valence-electron chi connectivity index (χ4n) is 3.99. The Morgan fingerprint density at radius 3 is 2.33 bits per heavy atom. The highest BCUT2D eigenvalue weighted by Crippen LogP contribution is 2.30. The molecule has 1 N–H and O–H groups in total. The Morgan fingerprint density at radius 2 is 1.85 bits per heavy atom. The smallest absolute Gasteiger partial charge is 0.417 e. The van der Waals surface area contributed by atoms with Crippen molar-refractivity contribution in [3.8, 4) is 0 Å². The van der Waals surface area contributed by atoms with Crippen LogP contribution in [0.25, 0.3) is 0 Å². The van der Waals surface area contributed by atoms with E-state index in [4.69, 9.17) is 4.74 Å². The van der Waals surface area contributed by atoms with Gasteiger partial charge in [-0.15, -0.1) is 0 Å². The Morgan fingerprint density at radius 1 is 1.18 bits per heavy atom. The summed E-state index contributed by atoms with van der Waals surface area (Å²) >= 11 is 0. The molecule has 33 heavy (non-hydrogen) atoms. The monoisotopic (exact) mass is 491 g/mol. The number of halogens is 3. The summed E-state index contributed by atoms with van der Waals surface area (Å²) in [5.74, 6) is -1.46. The van der Waals surface area contributed by atoms with Crippen LogP contribution in [-0.4, -0.2) is 62.0 Å². The number of alkyl halides is 3. The molecule has 1 aromatic heterocycles. The molecule has 0 aliphatic carbocycles. The molecule has 2 aliphatic heterocycles. The first kappa shape index (κ1) is 25.3. The number of carbonyl (C=O) groups excluding carboxylic acids is 2. The lowest BCUT2D eigenvalue weighted by atomic mass is 9.96. The van der Waals surface area contributed by atoms with Crippen molar-refractivity contribution in [2.45, 2.75) is 51.4 Å². The number of amides is 1. The summed E-state index contributed by atoms with van der Waals surface area (Å²) in [6, 6.07) is 1.80. The number of sulfone groups is 1. The summed E-state index contributed by atoms with van der Waals surface area (Å²) in [6.45, 7) is 4.30. The number of hydrogen-bond acceptors (Lipinski definition) is 7. The maximum Gasteiger partial charge on any atom is 0.417 e. The number of carbonyl (C=O) groups is 2. The topological polar surface area (TPSA) is 106 Å². The van der Waals surface area contributed by atoms with Gasteiger partial charge in [-0.1, -0.05) is 13.8 Å². The van der Waals surface area contributed by atoms with Crippen molar-refractivity contribution >= 4 is 27.5 Å². The van der Waals surface area contributed by atoms with Gasteiger partial charge in [0.05, 0.1) is 23.0 Å². The van der Waals surface area contributed by atoms with Crippen LogP contribution in [0.2, 0.25) is 0 Å². The number of nitrogens with one attached hydrogen (secondary N) is 1. The molecule has 0 radical (unpaired) electrons. The van der Waals surface area contributed by atoms with Crippen molar-refractivity contribution in [2.75, 3.05) is 29.5 Å². The lowest BCUT2D eigenvalue weighted by Gasteiger charge is -2.33. The largest absolute Gasteiger partial charge is 0.452 e. The van der Waals surface area contributed by atoms with Crippen LogP contribution in [0.15, 0.2) is 18.3 Å². The molecule has 184 valence electrons. The van der Waals surface area contributed by atoms with E-state index in [9.17, 15) is 31.2 Å². The van der Waals surface area contributed by atoms with E-state index in [1.807, 2.05) is 0 Å². The van der Waals surface area contributed by atoms with Crippen molar-refractivity contribution in [2.24, 2.45) is 11.8 Å². The fourth-order valence-corrected chi connectivity index (χ4v) is 5.66. The standard InChI is InChI=1S/C21H28F3N3O5S/c1-13(2)18(19(28)26-16-7-10-33(30,31)12-16)32-20(29)14-5-8-27(9-6-14)17-4-3-15(11-25-17)21(22,23)24/h3-4,11,13-14,16,18H,5-10,12H2,1-2H3,(H,26,28). The molecular formula is C21H28F3N3O5S. The second-order valence-electron chi connectivity index (χ2n) is 8.87. The van der Waals surface area contributed by atoms with E-state index in [0.717, 1.165) is 12.3 Å². The summed E-state index contributed by atoms with van der Waals surface area (Å²) in [5.41, 5.74) is -0.821. The Balaban J connectivity index is 1.53. The van der Waals surface area contributed by atoms with E-state index >= 15 is 0 Å². The Bertz CT molecular complexity index is 958. The average Bonchev–Trinajstić information content (AvgIpc) is 3.09. The Hall–Kier alpha value is -2.37. The second-order valence-corrected chi connectivity index (χ2v) is 11.1. The van der Waals surface area contributed by atoms with Gasteiger partial charge in [-0.05, 0) is 37.3 Å². The number of hydrogen-bond donors (Lipinski definition) is 1. The number of nitrogens with zero attached hydrogens (tertiary/aromatic N) is 2. The highest BCUT2D eigenvalue weighted by molar-refractivity contribution is 7.91. The summed E-state index contributed by atoms with van der Waals surface area (Å²) in [5, 5.41) is 2.68. The number of ether oxygens (including phenoxy) is 1. The summed E-state index contributed by atoms with van der Waals surface area (Å²) in [6.07, 6.45) is -3.53. The van der Waals surface area contributed by atoms with E-state index in [1.165, 1.54) is 6.07 Å². The van der Waals surface area contributed by atoms with Gasteiger partial charge >= 0.3 is 12.1 Å².